The van der Waals surface area contributed by atoms with E-state index in [9.17, 15) is 13.6 Å². The molecule has 0 bridgehead atoms. The topological polar surface area (TPSA) is 91.0 Å². The fourth-order valence-electron chi connectivity index (χ4n) is 2.38. The average molecular weight is 341 g/mol. The van der Waals surface area contributed by atoms with Gasteiger partial charge in [0.2, 0.25) is 5.82 Å². The van der Waals surface area contributed by atoms with Gasteiger partial charge in [0.25, 0.3) is 0 Å². The van der Waals surface area contributed by atoms with Gasteiger partial charge in [-0.2, -0.15) is 8.78 Å². The Morgan fingerprint density at radius 1 is 1.29 bits per heavy atom. The minimum absolute atomic E-state index is 0.0102. The van der Waals surface area contributed by atoms with E-state index >= 15 is 0 Å². The molecular weight excluding hydrogens is 324 g/mol. The number of nitrogens with zero attached hydrogens (tertiary/aromatic N) is 7. The molecule has 0 aromatic carbocycles. The number of hydrogen-bond donors (Lipinski definition) is 0. The summed E-state index contributed by atoms with van der Waals surface area (Å²) < 4.78 is 32.1. The Hall–Kier alpha value is -2.59. The predicted molar refractivity (Wildman–Crippen MR) is 76.8 cm³/mol. The molecule has 1 aliphatic rings. The first-order chi connectivity index (χ1) is 11.2. The van der Waals surface area contributed by atoms with Crippen LogP contribution in [-0.2, 0) is 24.9 Å². The van der Waals surface area contributed by atoms with Gasteiger partial charge in [0.1, 0.15) is 5.60 Å². The van der Waals surface area contributed by atoms with Gasteiger partial charge in [-0.05, 0) is 26.0 Å². The number of hydrogen-bond acceptors (Lipinski definition) is 6. The van der Waals surface area contributed by atoms with E-state index in [0.717, 1.165) is 5.69 Å². The highest BCUT2D eigenvalue weighted by molar-refractivity contribution is 5.69. The van der Waals surface area contributed by atoms with Crippen LogP contribution in [0.1, 0.15) is 38.7 Å². The number of alkyl halides is 2. The van der Waals surface area contributed by atoms with Gasteiger partial charge in [0.15, 0.2) is 5.82 Å². The quantitative estimate of drug-likeness (QED) is 0.826. The highest BCUT2D eigenvalue weighted by Crippen LogP contribution is 2.27. The van der Waals surface area contributed by atoms with E-state index in [2.05, 4.69) is 20.4 Å². The normalized spacial score (nSPS) is 14.4. The Morgan fingerprint density at radius 3 is 2.54 bits per heavy atom. The van der Waals surface area contributed by atoms with Crippen molar-refractivity contribution in [3.63, 3.8) is 0 Å². The standard InChI is InChI=1S/C13H17F2N7O2/c1-13(2,3)24-12(23)21-5-7-8(6-21)20(4)10(16-7)9-17-19-22(18-9)11(14)15/h11H,5-6H2,1-4H3. The molecule has 3 heterocycles. The number of halogens is 2. The van der Waals surface area contributed by atoms with Crippen molar-refractivity contribution in [1.82, 2.24) is 34.7 Å². The third-order valence-corrected chi connectivity index (χ3v) is 3.43. The molecule has 0 atom stereocenters. The first-order valence-corrected chi connectivity index (χ1v) is 7.26. The fraction of sp³-hybridized carbons (Fsp3) is 0.615. The second kappa shape index (κ2) is 5.49. The summed E-state index contributed by atoms with van der Waals surface area (Å²) in [5, 5.41) is 10.5. The van der Waals surface area contributed by atoms with Gasteiger partial charge in [-0.15, -0.1) is 10.2 Å². The molecule has 0 saturated heterocycles. The van der Waals surface area contributed by atoms with Crippen LogP contribution in [0.3, 0.4) is 0 Å². The lowest BCUT2D eigenvalue weighted by Gasteiger charge is -2.24. The Balaban J connectivity index is 1.79. The first kappa shape index (κ1) is 16.3. The molecule has 2 aromatic rings. The second-order valence-electron chi connectivity index (χ2n) is 6.44. The van der Waals surface area contributed by atoms with E-state index in [1.165, 1.54) is 4.90 Å². The maximum Gasteiger partial charge on any atom is 0.410 e. The lowest BCUT2D eigenvalue weighted by Crippen LogP contribution is -2.33. The van der Waals surface area contributed by atoms with E-state index < -0.39 is 18.2 Å². The minimum atomic E-state index is -2.86. The number of rotatable bonds is 2. The van der Waals surface area contributed by atoms with Crippen LogP contribution < -0.4 is 0 Å². The molecule has 130 valence electrons. The summed E-state index contributed by atoms with van der Waals surface area (Å²) in [5.41, 5.74) is 0.860. The zero-order valence-corrected chi connectivity index (χ0v) is 13.7. The van der Waals surface area contributed by atoms with Crippen molar-refractivity contribution >= 4 is 6.09 Å². The molecule has 0 fully saturated rings. The van der Waals surface area contributed by atoms with Crippen molar-refractivity contribution in [2.24, 2.45) is 7.05 Å². The summed E-state index contributed by atoms with van der Waals surface area (Å²) in [4.78, 5) is 18.2. The van der Waals surface area contributed by atoms with Gasteiger partial charge >= 0.3 is 12.6 Å². The first-order valence-electron chi connectivity index (χ1n) is 7.26. The Labute approximate surface area is 136 Å². The van der Waals surface area contributed by atoms with Crippen LogP contribution in [0.15, 0.2) is 0 Å². The second-order valence-corrected chi connectivity index (χ2v) is 6.44. The van der Waals surface area contributed by atoms with Gasteiger partial charge in [0, 0.05) is 7.05 Å². The SMILES string of the molecule is Cn1c(-c2nnn(C(F)F)n2)nc2c1CN(C(=O)OC(C)(C)C)C2. The Kier molecular flexibility index (Phi) is 3.73. The molecule has 0 radical (unpaired) electrons. The number of tetrazole rings is 1. The summed E-state index contributed by atoms with van der Waals surface area (Å²) in [5.74, 6) is 0.340. The van der Waals surface area contributed by atoms with Gasteiger partial charge in [-0.3, -0.25) is 4.90 Å². The third-order valence-electron chi connectivity index (χ3n) is 3.43. The number of aromatic nitrogens is 6. The van der Waals surface area contributed by atoms with Gasteiger partial charge < -0.3 is 9.30 Å². The summed E-state index contributed by atoms with van der Waals surface area (Å²) in [6.07, 6.45) is -0.427. The lowest BCUT2D eigenvalue weighted by molar-refractivity contribution is 0.0237. The molecule has 11 heteroatoms. The van der Waals surface area contributed by atoms with Crippen LogP contribution >= 0.6 is 0 Å². The van der Waals surface area contributed by atoms with Gasteiger partial charge in [-0.1, -0.05) is 4.80 Å². The molecule has 1 aliphatic heterocycles. The molecule has 0 saturated carbocycles. The number of ether oxygens (including phenoxy) is 1. The maximum atomic E-state index is 12.5. The number of amides is 1. The van der Waals surface area contributed by atoms with Crippen molar-refractivity contribution in [3.8, 4) is 11.6 Å². The van der Waals surface area contributed by atoms with Crippen molar-refractivity contribution in [3.05, 3.63) is 11.4 Å². The summed E-state index contributed by atoms with van der Waals surface area (Å²) in [6.45, 7) is 3.12. The molecule has 2 aromatic heterocycles. The van der Waals surface area contributed by atoms with Crippen molar-refractivity contribution in [2.45, 2.75) is 46.0 Å². The third kappa shape index (κ3) is 2.93. The molecule has 1 amide bonds. The van der Waals surface area contributed by atoms with Crippen LogP contribution in [0.25, 0.3) is 11.6 Å². The molecule has 0 aliphatic carbocycles. The zero-order chi connectivity index (χ0) is 17.6. The zero-order valence-electron chi connectivity index (χ0n) is 13.7. The van der Waals surface area contributed by atoms with Crippen molar-refractivity contribution < 1.29 is 18.3 Å². The number of fused-ring (bicyclic) bond motifs is 1. The van der Waals surface area contributed by atoms with Crippen LogP contribution in [0, 0.1) is 0 Å². The largest absolute Gasteiger partial charge is 0.444 e. The predicted octanol–water partition coefficient (Wildman–Crippen LogP) is 1.72. The Morgan fingerprint density at radius 2 is 2.00 bits per heavy atom. The summed E-state index contributed by atoms with van der Waals surface area (Å²) >= 11 is 0. The van der Waals surface area contributed by atoms with E-state index in [-0.39, 0.29) is 17.2 Å². The van der Waals surface area contributed by atoms with E-state index in [4.69, 9.17) is 4.74 Å². The smallest absolute Gasteiger partial charge is 0.410 e. The van der Waals surface area contributed by atoms with Gasteiger partial charge in [0.05, 0.1) is 24.5 Å². The molecular formula is C13H17F2N7O2. The maximum absolute atomic E-state index is 12.5. The van der Waals surface area contributed by atoms with Crippen LogP contribution in [0.5, 0.6) is 0 Å². The van der Waals surface area contributed by atoms with Crippen LogP contribution in [-0.4, -0.2) is 46.4 Å². The summed E-state index contributed by atoms with van der Waals surface area (Å²) in [6, 6.07) is 0. The van der Waals surface area contributed by atoms with E-state index in [1.54, 1.807) is 32.4 Å². The van der Waals surface area contributed by atoms with Crippen molar-refractivity contribution in [1.29, 1.82) is 0 Å². The molecule has 24 heavy (non-hydrogen) atoms. The molecule has 0 N–H and O–H groups in total. The van der Waals surface area contributed by atoms with Crippen LogP contribution in [0.2, 0.25) is 0 Å². The highest BCUT2D eigenvalue weighted by Gasteiger charge is 2.32. The monoisotopic (exact) mass is 341 g/mol. The summed E-state index contributed by atoms with van der Waals surface area (Å²) in [7, 11) is 1.71. The molecule has 3 rings (SSSR count). The Bertz CT molecular complexity index is 778. The van der Waals surface area contributed by atoms with Crippen LogP contribution in [0.4, 0.5) is 13.6 Å². The van der Waals surface area contributed by atoms with Crippen molar-refractivity contribution in [2.75, 3.05) is 0 Å². The van der Waals surface area contributed by atoms with E-state index in [1.807, 2.05) is 0 Å². The molecule has 9 nitrogen and oxygen atoms in total. The number of carbonyl (C=O) groups is 1. The lowest BCUT2D eigenvalue weighted by atomic mass is 10.2. The fourth-order valence-corrected chi connectivity index (χ4v) is 2.38. The minimum Gasteiger partial charge on any atom is -0.444 e. The number of carbonyl (C=O) groups excluding carboxylic acids is 1. The number of imidazole rings is 1. The van der Waals surface area contributed by atoms with E-state index in [0.29, 0.717) is 18.1 Å². The molecule has 0 spiro atoms. The average Bonchev–Trinajstić information content (AvgIpc) is 3.13. The molecule has 0 unspecified atom stereocenters. The van der Waals surface area contributed by atoms with Gasteiger partial charge in [-0.25, -0.2) is 9.78 Å². The highest BCUT2D eigenvalue weighted by atomic mass is 19.3.